The molecule has 0 aromatic heterocycles. The van der Waals surface area contributed by atoms with Crippen molar-refractivity contribution < 1.29 is 0 Å². The Balaban J connectivity index is 3.25. The van der Waals surface area contributed by atoms with E-state index in [0.29, 0.717) is 6.04 Å². The van der Waals surface area contributed by atoms with Gasteiger partial charge in [-0.3, -0.25) is 11.3 Å². The van der Waals surface area contributed by atoms with Crippen LogP contribution in [0, 0.1) is 0 Å². The van der Waals surface area contributed by atoms with E-state index in [4.69, 9.17) is 17.3 Å². The monoisotopic (exact) mass is 160 g/mol. The standard InChI is InChI=1S/C7H20N4/c8-5-1-3-7(11-10)4-2-6-9/h7,11H,1-6,8-10H2. The number of nitrogens with one attached hydrogen (secondary N) is 1. The van der Waals surface area contributed by atoms with E-state index in [1.54, 1.807) is 0 Å². The van der Waals surface area contributed by atoms with Gasteiger partial charge in [-0.2, -0.15) is 0 Å². The highest BCUT2D eigenvalue weighted by Crippen LogP contribution is 2.01. The van der Waals surface area contributed by atoms with Crippen LogP contribution in [0.2, 0.25) is 0 Å². The molecule has 68 valence electrons. The minimum atomic E-state index is 0.391. The predicted octanol–water partition coefficient (Wildman–Crippen LogP) is -0.704. The summed E-state index contributed by atoms with van der Waals surface area (Å²) in [7, 11) is 0. The van der Waals surface area contributed by atoms with Gasteiger partial charge in [-0.1, -0.05) is 0 Å². The first-order valence-corrected chi connectivity index (χ1v) is 4.21. The summed E-state index contributed by atoms with van der Waals surface area (Å²) in [5.74, 6) is 5.32. The van der Waals surface area contributed by atoms with Crippen molar-refractivity contribution in [3.05, 3.63) is 0 Å². The van der Waals surface area contributed by atoms with Gasteiger partial charge in [-0.15, -0.1) is 0 Å². The molecule has 0 amide bonds. The van der Waals surface area contributed by atoms with Crippen LogP contribution >= 0.6 is 0 Å². The highest BCUT2D eigenvalue weighted by atomic mass is 15.2. The summed E-state index contributed by atoms with van der Waals surface area (Å²) in [4.78, 5) is 0. The average Bonchev–Trinajstić information content (AvgIpc) is 2.05. The molecule has 0 bridgehead atoms. The molecule has 7 N–H and O–H groups in total. The van der Waals surface area contributed by atoms with Crippen molar-refractivity contribution in [1.29, 1.82) is 0 Å². The summed E-state index contributed by atoms with van der Waals surface area (Å²) in [6, 6.07) is 0.391. The van der Waals surface area contributed by atoms with Gasteiger partial charge in [-0.05, 0) is 38.8 Å². The molecule has 0 heterocycles. The Hall–Kier alpha value is -0.160. The predicted molar refractivity (Wildman–Crippen MR) is 47.7 cm³/mol. The highest BCUT2D eigenvalue weighted by molar-refractivity contribution is 4.63. The van der Waals surface area contributed by atoms with Crippen LogP contribution in [0.25, 0.3) is 0 Å². The van der Waals surface area contributed by atoms with Crippen LogP contribution in [0.3, 0.4) is 0 Å². The summed E-state index contributed by atoms with van der Waals surface area (Å²) in [6.45, 7) is 1.47. The molecule has 0 aliphatic carbocycles. The topological polar surface area (TPSA) is 90.1 Å². The van der Waals surface area contributed by atoms with E-state index in [1.807, 2.05) is 0 Å². The lowest BCUT2D eigenvalue weighted by Gasteiger charge is -2.13. The smallest absolute Gasteiger partial charge is 0.0211 e. The van der Waals surface area contributed by atoms with Crippen molar-refractivity contribution in [3.8, 4) is 0 Å². The van der Waals surface area contributed by atoms with Crippen LogP contribution in [-0.2, 0) is 0 Å². The summed E-state index contributed by atoms with van der Waals surface area (Å²) in [5.41, 5.74) is 13.5. The van der Waals surface area contributed by atoms with Crippen LogP contribution in [0.1, 0.15) is 25.7 Å². The van der Waals surface area contributed by atoms with Crippen LogP contribution in [0.5, 0.6) is 0 Å². The fourth-order valence-electron chi connectivity index (χ4n) is 1.04. The molecule has 4 nitrogen and oxygen atoms in total. The maximum absolute atomic E-state index is 5.37. The molecule has 0 aliphatic heterocycles. The Morgan fingerprint density at radius 3 is 1.73 bits per heavy atom. The lowest BCUT2D eigenvalue weighted by atomic mass is 10.1. The Bertz CT molecular complexity index is 68.8. The summed E-state index contributed by atoms with van der Waals surface area (Å²) in [6.07, 6.45) is 4.15. The summed E-state index contributed by atoms with van der Waals surface area (Å²) < 4.78 is 0. The average molecular weight is 160 g/mol. The Morgan fingerprint density at radius 1 is 1.00 bits per heavy atom. The Labute approximate surface area is 68.5 Å². The zero-order valence-electron chi connectivity index (χ0n) is 7.05. The number of hydrogen-bond donors (Lipinski definition) is 4. The van der Waals surface area contributed by atoms with E-state index in [0.717, 1.165) is 38.8 Å². The molecule has 0 saturated carbocycles. The Kier molecular flexibility index (Phi) is 7.83. The fraction of sp³-hybridized carbons (Fsp3) is 1.00. The second-order valence-electron chi connectivity index (χ2n) is 2.73. The number of nitrogens with two attached hydrogens (primary N) is 3. The van der Waals surface area contributed by atoms with E-state index < -0.39 is 0 Å². The largest absolute Gasteiger partial charge is 0.330 e. The maximum atomic E-state index is 5.37. The molecule has 0 aliphatic rings. The molecule has 0 fully saturated rings. The maximum Gasteiger partial charge on any atom is 0.0211 e. The quantitative estimate of drug-likeness (QED) is 0.293. The third kappa shape index (κ3) is 6.25. The SMILES string of the molecule is NCCCC(CCCN)NN. The van der Waals surface area contributed by atoms with E-state index in [2.05, 4.69) is 5.43 Å². The van der Waals surface area contributed by atoms with Crippen molar-refractivity contribution in [2.45, 2.75) is 31.7 Å². The van der Waals surface area contributed by atoms with E-state index >= 15 is 0 Å². The van der Waals surface area contributed by atoms with Gasteiger partial charge in [-0.25, -0.2) is 0 Å². The van der Waals surface area contributed by atoms with Gasteiger partial charge < -0.3 is 11.5 Å². The third-order valence-electron chi connectivity index (χ3n) is 1.75. The lowest BCUT2D eigenvalue weighted by Crippen LogP contribution is -2.35. The first-order valence-electron chi connectivity index (χ1n) is 4.21. The second kappa shape index (κ2) is 7.94. The van der Waals surface area contributed by atoms with Gasteiger partial charge in [0.2, 0.25) is 0 Å². The molecule has 4 heteroatoms. The van der Waals surface area contributed by atoms with Gasteiger partial charge in [0.1, 0.15) is 0 Å². The lowest BCUT2D eigenvalue weighted by molar-refractivity contribution is 0.444. The van der Waals surface area contributed by atoms with Crippen molar-refractivity contribution >= 4 is 0 Å². The van der Waals surface area contributed by atoms with Crippen molar-refractivity contribution in [2.75, 3.05) is 13.1 Å². The minimum Gasteiger partial charge on any atom is -0.330 e. The molecule has 11 heavy (non-hydrogen) atoms. The van der Waals surface area contributed by atoms with Gasteiger partial charge >= 0.3 is 0 Å². The van der Waals surface area contributed by atoms with E-state index in [9.17, 15) is 0 Å². The molecule has 0 aromatic carbocycles. The second-order valence-corrected chi connectivity index (χ2v) is 2.73. The molecule has 0 unspecified atom stereocenters. The van der Waals surface area contributed by atoms with E-state index in [1.165, 1.54) is 0 Å². The molecule has 0 saturated heterocycles. The van der Waals surface area contributed by atoms with Crippen LogP contribution in [-0.4, -0.2) is 19.1 Å². The minimum absolute atomic E-state index is 0.391. The van der Waals surface area contributed by atoms with Crippen molar-refractivity contribution in [3.63, 3.8) is 0 Å². The first kappa shape index (κ1) is 10.8. The summed E-state index contributed by atoms with van der Waals surface area (Å²) in [5, 5.41) is 0. The Morgan fingerprint density at radius 2 is 1.45 bits per heavy atom. The molecule has 0 spiro atoms. The number of rotatable bonds is 7. The van der Waals surface area contributed by atoms with Gasteiger partial charge in [0, 0.05) is 6.04 Å². The van der Waals surface area contributed by atoms with Crippen molar-refractivity contribution in [1.82, 2.24) is 5.43 Å². The third-order valence-corrected chi connectivity index (χ3v) is 1.75. The molecule has 0 radical (unpaired) electrons. The van der Waals surface area contributed by atoms with Gasteiger partial charge in [0.25, 0.3) is 0 Å². The molecule has 0 aromatic rings. The van der Waals surface area contributed by atoms with Gasteiger partial charge in [0.15, 0.2) is 0 Å². The zero-order valence-corrected chi connectivity index (χ0v) is 7.05. The molecular weight excluding hydrogens is 140 g/mol. The van der Waals surface area contributed by atoms with Gasteiger partial charge in [0.05, 0.1) is 0 Å². The number of hydrazine groups is 1. The summed E-state index contributed by atoms with van der Waals surface area (Å²) >= 11 is 0. The van der Waals surface area contributed by atoms with Crippen LogP contribution in [0.4, 0.5) is 0 Å². The molecule has 0 atom stereocenters. The van der Waals surface area contributed by atoms with Crippen molar-refractivity contribution in [2.24, 2.45) is 17.3 Å². The first-order chi connectivity index (χ1) is 5.35. The molecular formula is C7H20N4. The zero-order chi connectivity index (χ0) is 8.53. The van der Waals surface area contributed by atoms with E-state index in [-0.39, 0.29) is 0 Å². The fourth-order valence-corrected chi connectivity index (χ4v) is 1.04. The number of hydrogen-bond acceptors (Lipinski definition) is 4. The highest BCUT2D eigenvalue weighted by Gasteiger charge is 2.03. The normalized spacial score (nSPS) is 10.9. The van der Waals surface area contributed by atoms with Crippen LogP contribution < -0.4 is 22.7 Å². The molecule has 0 rings (SSSR count). The van der Waals surface area contributed by atoms with Crippen LogP contribution in [0.15, 0.2) is 0 Å².